The molecule has 2 saturated heterocycles. The molecular weight excluding hydrogens is 326 g/mol. The smallest absolute Gasteiger partial charge is 0.118 e. The molecule has 2 aromatic rings. The van der Waals surface area contributed by atoms with Crippen LogP contribution in [0.25, 0.3) is 0 Å². The van der Waals surface area contributed by atoms with E-state index in [2.05, 4.69) is 40.0 Å². The molecule has 2 aliphatic rings. The first-order valence-electron chi connectivity index (χ1n) is 9.63. The van der Waals surface area contributed by atoms with E-state index in [-0.39, 0.29) is 5.60 Å². The maximum absolute atomic E-state index is 6.35. The number of aromatic nitrogens is 1. The first-order valence-corrected chi connectivity index (χ1v) is 9.63. The van der Waals surface area contributed by atoms with Crippen molar-refractivity contribution in [2.24, 2.45) is 0 Å². The molecule has 26 heavy (non-hydrogen) atoms. The number of furan rings is 1. The zero-order valence-electron chi connectivity index (χ0n) is 15.9. The van der Waals surface area contributed by atoms with E-state index in [1.165, 1.54) is 5.56 Å². The van der Waals surface area contributed by atoms with Crippen LogP contribution >= 0.6 is 0 Å². The molecule has 0 radical (unpaired) electrons. The van der Waals surface area contributed by atoms with Gasteiger partial charge in [0, 0.05) is 38.1 Å². The van der Waals surface area contributed by atoms with Crippen molar-refractivity contribution >= 4 is 0 Å². The zero-order valence-corrected chi connectivity index (χ0v) is 15.9. The lowest BCUT2D eigenvalue weighted by Crippen LogP contribution is -2.44. The van der Waals surface area contributed by atoms with E-state index in [1.54, 1.807) is 0 Å². The third-order valence-corrected chi connectivity index (χ3v) is 5.94. The Morgan fingerprint density at radius 2 is 1.96 bits per heavy atom. The Labute approximate surface area is 156 Å². The van der Waals surface area contributed by atoms with Gasteiger partial charge in [0.05, 0.1) is 18.8 Å². The van der Waals surface area contributed by atoms with Crippen LogP contribution in [0, 0.1) is 6.92 Å². The van der Waals surface area contributed by atoms with Crippen molar-refractivity contribution in [1.82, 2.24) is 14.8 Å². The highest BCUT2D eigenvalue weighted by Crippen LogP contribution is 2.38. The van der Waals surface area contributed by atoms with Crippen molar-refractivity contribution in [2.75, 3.05) is 26.7 Å². The van der Waals surface area contributed by atoms with E-state index in [9.17, 15) is 0 Å². The number of likely N-dealkylation sites (N-methyl/N-ethyl adjacent to an activating group) is 1. The predicted molar refractivity (Wildman–Crippen MR) is 101 cm³/mol. The van der Waals surface area contributed by atoms with Crippen LogP contribution in [0.15, 0.2) is 41.1 Å². The van der Waals surface area contributed by atoms with E-state index < -0.39 is 0 Å². The van der Waals surface area contributed by atoms with Crippen molar-refractivity contribution in [2.45, 2.75) is 50.9 Å². The Kier molecular flexibility index (Phi) is 5.11. The van der Waals surface area contributed by atoms with Gasteiger partial charge < -0.3 is 9.15 Å². The maximum Gasteiger partial charge on any atom is 0.118 e. The lowest BCUT2D eigenvalue weighted by atomic mass is 9.87. The van der Waals surface area contributed by atoms with E-state index in [0.717, 1.165) is 63.6 Å². The summed E-state index contributed by atoms with van der Waals surface area (Å²) < 4.78 is 12.1. The predicted octanol–water partition coefficient (Wildman–Crippen LogP) is 3.24. The van der Waals surface area contributed by atoms with Crippen LogP contribution in [0.1, 0.15) is 36.3 Å². The molecule has 4 heterocycles. The standard InChI is InChI=1S/C21H29N3O2/c1-17-3-4-20(26-17)15-24-11-7-21(8-12-24)13-19(16-25-21)23(2)14-18-5-9-22-10-6-18/h3-6,9-10,19H,7-8,11-16H2,1-2H3/t19-/m1/s1. The van der Waals surface area contributed by atoms with E-state index >= 15 is 0 Å². The fourth-order valence-corrected chi connectivity index (χ4v) is 4.27. The lowest BCUT2D eigenvalue weighted by Gasteiger charge is -2.38. The van der Waals surface area contributed by atoms with Crippen LogP contribution in [0.4, 0.5) is 0 Å². The molecule has 1 spiro atoms. The van der Waals surface area contributed by atoms with E-state index in [0.29, 0.717) is 6.04 Å². The average molecular weight is 355 g/mol. The molecule has 5 nitrogen and oxygen atoms in total. The SMILES string of the molecule is Cc1ccc(CN2CCC3(CC2)C[C@@H](N(C)Cc2ccncc2)CO3)o1. The van der Waals surface area contributed by atoms with Gasteiger partial charge in [-0.25, -0.2) is 0 Å². The summed E-state index contributed by atoms with van der Waals surface area (Å²) in [5.41, 5.74) is 1.39. The number of piperidine rings is 1. The Morgan fingerprint density at radius 3 is 2.65 bits per heavy atom. The normalized spacial score (nSPS) is 23.1. The molecule has 0 aliphatic carbocycles. The molecule has 0 saturated carbocycles. The number of likely N-dealkylation sites (tertiary alicyclic amines) is 1. The van der Waals surface area contributed by atoms with E-state index in [1.807, 2.05) is 25.4 Å². The van der Waals surface area contributed by atoms with Gasteiger partial charge in [-0.2, -0.15) is 0 Å². The molecule has 2 aliphatic heterocycles. The molecule has 2 fully saturated rings. The largest absolute Gasteiger partial charge is 0.465 e. The molecule has 0 N–H and O–H groups in total. The average Bonchev–Trinajstić information content (AvgIpc) is 3.25. The van der Waals surface area contributed by atoms with Gasteiger partial charge in [-0.1, -0.05) is 0 Å². The van der Waals surface area contributed by atoms with Crippen LogP contribution in [-0.4, -0.2) is 53.2 Å². The van der Waals surface area contributed by atoms with Gasteiger partial charge >= 0.3 is 0 Å². The van der Waals surface area contributed by atoms with Crippen molar-refractivity contribution in [3.63, 3.8) is 0 Å². The number of pyridine rings is 1. The lowest BCUT2D eigenvalue weighted by molar-refractivity contribution is -0.0461. The van der Waals surface area contributed by atoms with E-state index in [4.69, 9.17) is 9.15 Å². The molecule has 0 bridgehead atoms. The maximum atomic E-state index is 6.35. The summed E-state index contributed by atoms with van der Waals surface area (Å²) >= 11 is 0. The highest BCUT2D eigenvalue weighted by molar-refractivity contribution is 5.10. The molecule has 140 valence electrons. The molecule has 0 amide bonds. The Balaban J connectivity index is 1.28. The minimum absolute atomic E-state index is 0.0761. The van der Waals surface area contributed by atoms with Crippen LogP contribution in [0.2, 0.25) is 0 Å². The second kappa shape index (κ2) is 7.51. The van der Waals surface area contributed by atoms with Crippen molar-refractivity contribution in [3.8, 4) is 0 Å². The Hall–Kier alpha value is -1.69. The summed E-state index contributed by atoms with van der Waals surface area (Å²) in [6.07, 6.45) is 7.11. The molecule has 2 aromatic heterocycles. The fraction of sp³-hybridized carbons (Fsp3) is 0.571. The third-order valence-electron chi connectivity index (χ3n) is 5.94. The first-order chi connectivity index (χ1) is 12.6. The van der Waals surface area contributed by atoms with Gasteiger partial charge in [0.15, 0.2) is 0 Å². The van der Waals surface area contributed by atoms with Crippen molar-refractivity contribution in [3.05, 3.63) is 53.7 Å². The number of aryl methyl sites for hydroxylation is 1. The summed E-state index contributed by atoms with van der Waals surface area (Å²) in [4.78, 5) is 9.02. The molecule has 1 atom stereocenters. The summed E-state index contributed by atoms with van der Waals surface area (Å²) in [7, 11) is 2.21. The van der Waals surface area contributed by atoms with Crippen molar-refractivity contribution < 1.29 is 9.15 Å². The van der Waals surface area contributed by atoms with Gasteiger partial charge in [0.2, 0.25) is 0 Å². The number of ether oxygens (including phenoxy) is 1. The highest BCUT2D eigenvalue weighted by Gasteiger charge is 2.43. The summed E-state index contributed by atoms with van der Waals surface area (Å²) in [5, 5.41) is 0. The van der Waals surface area contributed by atoms with Crippen molar-refractivity contribution in [1.29, 1.82) is 0 Å². The number of hydrogen-bond acceptors (Lipinski definition) is 5. The van der Waals surface area contributed by atoms with Crippen LogP contribution < -0.4 is 0 Å². The Morgan fingerprint density at radius 1 is 1.19 bits per heavy atom. The number of nitrogens with zero attached hydrogens (tertiary/aromatic N) is 3. The van der Waals surface area contributed by atoms with Crippen LogP contribution in [-0.2, 0) is 17.8 Å². The molecule has 5 heteroatoms. The van der Waals surface area contributed by atoms with Gasteiger partial charge in [-0.3, -0.25) is 14.8 Å². The molecule has 0 unspecified atom stereocenters. The topological polar surface area (TPSA) is 41.7 Å². The summed E-state index contributed by atoms with van der Waals surface area (Å²) in [6, 6.07) is 8.83. The number of hydrogen-bond donors (Lipinski definition) is 0. The fourth-order valence-electron chi connectivity index (χ4n) is 4.27. The van der Waals surface area contributed by atoms with Gasteiger partial charge in [-0.15, -0.1) is 0 Å². The van der Waals surface area contributed by atoms with Gasteiger partial charge in [0.1, 0.15) is 11.5 Å². The van der Waals surface area contributed by atoms with Crippen LogP contribution in [0.5, 0.6) is 0 Å². The third kappa shape index (κ3) is 4.00. The first kappa shape index (κ1) is 17.7. The summed E-state index contributed by atoms with van der Waals surface area (Å²) in [5.74, 6) is 2.06. The second-order valence-electron chi connectivity index (χ2n) is 7.91. The molecule has 4 rings (SSSR count). The van der Waals surface area contributed by atoms with Crippen LogP contribution in [0.3, 0.4) is 0 Å². The summed E-state index contributed by atoms with van der Waals surface area (Å²) in [6.45, 7) is 6.88. The minimum atomic E-state index is 0.0761. The molecular formula is C21H29N3O2. The quantitative estimate of drug-likeness (QED) is 0.824. The second-order valence-corrected chi connectivity index (χ2v) is 7.91. The van der Waals surface area contributed by atoms with Gasteiger partial charge in [-0.05, 0) is 63.1 Å². The molecule has 0 aromatic carbocycles. The monoisotopic (exact) mass is 355 g/mol. The minimum Gasteiger partial charge on any atom is -0.465 e. The number of rotatable bonds is 5. The van der Waals surface area contributed by atoms with Gasteiger partial charge in [0.25, 0.3) is 0 Å². The Bertz CT molecular complexity index is 707. The highest BCUT2D eigenvalue weighted by atomic mass is 16.5. The zero-order chi connectivity index (χ0) is 18.0.